The van der Waals surface area contributed by atoms with Crippen LogP contribution in [0.3, 0.4) is 0 Å². The van der Waals surface area contributed by atoms with E-state index in [4.69, 9.17) is 5.11 Å². The average Bonchev–Trinajstić information content (AvgIpc) is 2.75. The Labute approximate surface area is 101 Å². The van der Waals surface area contributed by atoms with Gasteiger partial charge in [0.15, 0.2) is 11.0 Å². The Morgan fingerprint density at radius 1 is 1.47 bits per heavy atom. The Morgan fingerprint density at radius 2 is 2.18 bits per heavy atom. The fourth-order valence-corrected chi connectivity index (χ4v) is 3.63. The molecule has 17 heavy (non-hydrogen) atoms. The van der Waals surface area contributed by atoms with Gasteiger partial charge in [0.05, 0.1) is 5.88 Å². The van der Waals surface area contributed by atoms with E-state index >= 15 is 0 Å². The second-order valence-corrected chi connectivity index (χ2v) is 5.08. The molecule has 1 aromatic rings. The number of carboxylic acids is 1. The molecule has 1 fully saturated rings. The lowest BCUT2D eigenvalue weighted by atomic mass is 9.98. The molecule has 1 saturated heterocycles. The average molecular weight is 251 g/mol. The number of carbonyl (C=O) groups is 2. The van der Waals surface area contributed by atoms with Gasteiger partial charge in [0.25, 0.3) is 5.91 Å². The highest BCUT2D eigenvalue weighted by Crippen LogP contribution is 2.49. The third kappa shape index (κ3) is 1.14. The SMILES string of the molecule is O=C(O)[C@@H]1SCN2C(=O)c3ccccc3[C@]12O. The van der Waals surface area contributed by atoms with E-state index in [-0.39, 0.29) is 11.8 Å². The molecular formula is C11H9NO4S. The summed E-state index contributed by atoms with van der Waals surface area (Å²) in [5, 5.41) is 18.7. The number of carbonyl (C=O) groups excluding carboxylic acids is 1. The van der Waals surface area contributed by atoms with Crippen LogP contribution in [0.25, 0.3) is 0 Å². The quantitative estimate of drug-likeness (QED) is 0.757. The molecular weight excluding hydrogens is 242 g/mol. The van der Waals surface area contributed by atoms with Crippen LogP contribution in [0, 0.1) is 0 Å². The Morgan fingerprint density at radius 3 is 2.88 bits per heavy atom. The number of nitrogens with zero attached hydrogens (tertiary/aromatic N) is 1. The van der Waals surface area contributed by atoms with Crippen LogP contribution in [0.4, 0.5) is 0 Å². The van der Waals surface area contributed by atoms with Crippen molar-refractivity contribution in [2.24, 2.45) is 0 Å². The molecule has 0 unspecified atom stereocenters. The van der Waals surface area contributed by atoms with Gasteiger partial charge in [0.1, 0.15) is 0 Å². The number of rotatable bonds is 1. The number of amides is 1. The molecule has 2 atom stereocenters. The van der Waals surface area contributed by atoms with E-state index in [0.717, 1.165) is 11.8 Å². The summed E-state index contributed by atoms with van der Waals surface area (Å²) in [6.07, 6.45) is 0. The molecule has 0 saturated carbocycles. The second kappa shape index (κ2) is 3.24. The van der Waals surface area contributed by atoms with Crippen LogP contribution in [-0.2, 0) is 10.5 Å². The molecule has 0 radical (unpaired) electrons. The van der Waals surface area contributed by atoms with Crippen molar-refractivity contribution in [1.82, 2.24) is 4.90 Å². The summed E-state index contributed by atoms with van der Waals surface area (Å²) in [4.78, 5) is 24.4. The highest BCUT2D eigenvalue weighted by Gasteiger charge is 2.60. The molecule has 5 nitrogen and oxygen atoms in total. The van der Waals surface area contributed by atoms with Crippen molar-refractivity contribution in [2.75, 3.05) is 5.88 Å². The molecule has 88 valence electrons. The van der Waals surface area contributed by atoms with E-state index < -0.39 is 16.9 Å². The molecule has 2 aliphatic rings. The van der Waals surface area contributed by atoms with Crippen molar-refractivity contribution in [3.8, 4) is 0 Å². The first-order valence-electron chi connectivity index (χ1n) is 5.05. The van der Waals surface area contributed by atoms with Gasteiger partial charge < -0.3 is 10.2 Å². The minimum atomic E-state index is -1.70. The van der Waals surface area contributed by atoms with Gasteiger partial charge >= 0.3 is 5.97 Å². The van der Waals surface area contributed by atoms with E-state index in [1.165, 1.54) is 4.90 Å². The molecule has 0 bridgehead atoms. The number of benzene rings is 1. The number of aliphatic carboxylic acids is 1. The lowest BCUT2D eigenvalue weighted by molar-refractivity contribution is -0.147. The summed E-state index contributed by atoms with van der Waals surface area (Å²) in [7, 11) is 0. The fraction of sp³-hybridized carbons (Fsp3) is 0.273. The van der Waals surface area contributed by atoms with Crippen LogP contribution in [0.15, 0.2) is 24.3 Å². The van der Waals surface area contributed by atoms with Crippen LogP contribution in [0.5, 0.6) is 0 Å². The number of thioether (sulfide) groups is 1. The molecule has 6 heteroatoms. The van der Waals surface area contributed by atoms with Crippen LogP contribution >= 0.6 is 11.8 Å². The Bertz CT molecular complexity index is 528. The van der Waals surface area contributed by atoms with Gasteiger partial charge in [-0.2, -0.15) is 0 Å². The van der Waals surface area contributed by atoms with Crippen molar-refractivity contribution in [2.45, 2.75) is 11.0 Å². The van der Waals surface area contributed by atoms with Gasteiger partial charge in [-0.25, -0.2) is 0 Å². The molecule has 2 aliphatic heterocycles. The maximum absolute atomic E-state index is 12.0. The standard InChI is InChI=1S/C11H9NO4S/c13-9-6-3-1-2-4-7(6)11(16)8(10(14)15)17-5-12(9)11/h1-4,8,16H,5H2,(H,14,15)/t8-,11-/m0/s1. The maximum atomic E-state index is 12.0. The van der Waals surface area contributed by atoms with Gasteiger partial charge in [-0.3, -0.25) is 14.5 Å². The summed E-state index contributed by atoms with van der Waals surface area (Å²) in [5.41, 5.74) is -0.923. The van der Waals surface area contributed by atoms with Gasteiger partial charge in [-0.15, -0.1) is 11.8 Å². The van der Waals surface area contributed by atoms with Crippen LogP contribution in [0.2, 0.25) is 0 Å². The van der Waals surface area contributed by atoms with Crippen LogP contribution in [0.1, 0.15) is 15.9 Å². The molecule has 0 spiro atoms. The molecule has 0 aromatic heterocycles. The molecule has 1 amide bonds. The Kier molecular flexibility index (Phi) is 2.02. The third-order valence-electron chi connectivity index (χ3n) is 3.17. The van der Waals surface area contributed by atoms with Crippen molar-refractivity contribution in [1.29, 1.82) is 0 Å². The second-order valence-electron chi connectivity index (χ2n) is 4.02. The highest BCUT2D eigenvalue weighted by molar-refractivity contribution is 8.00. The lowest BCUT2D eigenvalue weighted by Gasteiger charge is -2.28. The Balaban J connectivity index is 2.22. The third-order valence-corrected chi connectivity index (χ3v) is 4.44. The summed E-state index contributed by atoms with van der Waals surface area (Å²) >= 11 is 1.06. The zero-order valence-corrected chi connectivity index (χ0v) is 9.48. The summed E-state index contributed by atoms with van der Waals surface area (Å²) < 4.78 is 0. The highest BCUT2D eigenvalue weighted by atomic mass is 32.2. The monoisotopic (exact) mass is 251 g/mol. The van der Waals surface area contributed by atoms with Gasteiger partial charge in [0, 0.05) is 11.1 Å². The van der Waals surface area contributed by atoms with E-state index in [1.807, 2.05) is 0 Å². The van der Waals surface area contributed by atoms with Crippen molar-refractivity contribution in [3.63, 3.8) is 0 Å². The molecule has 2 N–H and O–H groups in total. The normalized spacial score (nSPS) is 30.3. The van der Waals surface area contributed by atoms with Crippen LogP contribution in [-0.4, -0.2) is 38.1 Å². The number of aliphatic hydroxyl groups is 1. The first kappa shape index (κ1) is 10.6. The van der Waals surface area contributed by atoms with Gasteiger partial charge in [-0.05, 0) is 6.07 Å². The van der Waals surface area contributed by atoms with Crippen LogP contribution < -0.4 is 0 Å². The lowest BCUT2D eigenvalue weighted by Crippen LogP contribution is -2.47. The number of fused-ring (bicyclic) bond motifs is 3. The van der Waals surface area contributed by atoms with Crippen molar-refractivity contribution >= 4 is 23.6 Å². The zero-order chi connectivity index (χ0) is 12.2. The minimum Gasteiger partial charge on any atom is -0.480 e. The van der Waals surface area contributed by atoms with E-state index in [1.54, 1.807) is 24.3 Å². The van der Waals surface area contributed by atoms with Gasteiger partial charge in [0.2, 0.25) is 0 Å². The zero-order valence-electron chi connectivity index (χ0n) is 8.66. The predicted molar refractivity (Wildman–Crippen MR) is 60.4 cm³/mol. The summed E-state index contributed by atoms with van der Waals surface area (Å²) in [6.45, 7) is 0. The number of carboxylic acid groups (broad SMARTS) is 1. The van der Waals surface area contributed by atoms with Crippen molar-refractivity contribution < 1.29 is 19.8 Å². The Hall–Kier alpha value is -1.53. The first-order chi connectivity index (χ1) is 8.06. The summed E-state index contributed by atoms with van der Waals surface area (Å²) in [6, 6.07) is 6.60. The smallest absolute Gasteiger partial charge is 0.322 e. The maximum Gasteiger partial charge on any atom is 0.322 e. The summed E-state index contributed by atoms with van der Waals surface area (Å²) in [5.74, 6) is -1.22. The molecule has 3 rings (SSSR count). The van der Waals surface area contributed by atoms with E-state index in [9.17, 15) is 14.7 Å². The molecule has 0 aliphatic carbocycles. The number of hydrogen-bond donors (Lipinski definition) is 2. The van der Waals surface area contributed by atoms with Crippen molar-refractivity contribution in [3.05, 3.63) is 35.4 Å². The van der Waals surface area contributed by atoms with E-state index in [0.29, 0.717) is 11.1 Å². The van der Waals surface area contributed by atoms with Gasteiger partial charge in [-0.1, -0.05) is 18.2 Å². The minimum absolute atomic E-state index is 0.195. The fourth-order valence-electron chi connectivity index (χ4n) is 2.38. The largest absolute Gasteiger partial charge is 0.480 e. The van der Waals surface area contributed by atoms with E-state index in [2.05, 4.69) is 0 Å². The topological polar surface area (TPSA) is 77.8 Å². The number of hydrogen-bond acceptors (Lipinski definition) is 4. The molecule has 1 aromatic carbocycles. The predicted octanol–water partition coefficient (Wildman–Crippen LogP) is 0.445. The first-order valence-corrected chi connectivity index (χ1v) is 6.10. The molecule has 2 heterocycles.